The van der Waals surface area contributed by atoms with Crippen LogP contribution < -0.4 is 5.32 Å². The zero-order valence-electron chi connectivity index (χ0n) is 9.84. The number of hydrogen-bond donors (Lipinski definition) is 2. The summed E-state index contributed by atoms with van der Waals surface area (Å²) >= 11 is 0. The number of carbonyl (C=O) groups is 1. The lowest BCUT2D eigenvalue weighted by molar-refractivity contribution is -0.384. The van der Waals surface area contributed by atoms with Crippen LogP contribution in [0, 0.1) is 22.5 Å². The van der Waals surface area contributed by atoms with Gasteiger partial charge in [-0.15, -0.1) is 0 Å². The van der Waals surface area contributed by atoms with Gasteiger partial charge in [0.05, 0.1) is 10.3 Å². The van der Waals surface area contributed by atoms with Gasteiger partial charge >= 0.3 is 11.7 Å². The number of aliphatic carboxylic acids is 1. The lowest BCUT2D eigenvalue weighted by Gasteiger charge is -2.12. The third-order valence-electron chi connectivity index (χ3n) is 3.21. The second-order valence-electron chi connectivity index (χ2n) is 4.52. The van der Waals surface area contributed by atoms with Crippen molar-refractivity contribution in [2.24, 2.45) is 5.41 Å². The maximum Gasteiger partial charge on any atom is 0.314 e. The van der Waals surface area contributed by atoms with Gasteiger partial charge in [0.1, 0.15) is 0 Å². The number of aryl methyl sites for hydroxylation is 1. The van der Waals surface area contributed by atoms with E-state index in [2.05, 4.69) is 10.3 Å². The zero-order valence-corrected chi connectivity index (χ0v) is 9.84. The minimum atomic E-state index is -0.870. The normalized spacial score (nSPS) is 16.1. The van der Waals surface area contributed by atoms with Gasteiger partial charge in [-0.25, -0.2) is 4.98 Å². The first-order valence-corrected chi connectivity index (χ1v) is 5.53. The van der Waals surface area contributed by atoms with Crippen LogP contribution in [0.3, 0.4) is 0 Å². The zero-order chi connectivity index (χ0) is 13.3. The van der Waals surface area contributed by atoms with E-state index in [9.17, 15) is 14.9 Å². The topological polar surface area (TPSA) is 105 Å². The molecule has 0 unspecified atom stereocenters. The summed E-state index contributed by atoms with van der Waals surface area (Å²) in [7, 11) is 0. The monoisotopic (exact) mass is 251 g/mol. The van der Waals surface area contributed by atoms with E-state index in [1.807, 2.05) is 0 Å². The maximum absolute atomic E-state index is 11.0. The SMILES string of the molecule is Cc1ccnc(NCC2(C(=O)O)CC2)c1[N+](=O)[O-]. The molecule has 1 aromatic rings. The van der Waals surface area contributed by atoms with Gasteiger partial charge in [0, 0.05) is 18.3 Å². The van der Waals surface area contributed by atoms with Gasteiger partial charge in [-0.1, -0.05) is 0 Å². The minimum Gasteiger partial charge on any atom is -0.481 e. The fourth-order valence-electron chi connectivity index (χ4n) is 1.78. The summed E-state index contributed by atoms with van der Waals surface area (Å²) < 4.78 is 0. The lowest BCUT2D eigenvalue weighted by Crippen LogP contribution is -2.25. The van der Waals surface area contributed by atoms with Gasteiger partial charge in [-0.05, 0) is 25.8 Å². The molecule has 0 aliphatic heterocycles. The molecule has 0 atom stereocenters. The first kappa shape index (κ1) is 12.3. The number of carboxylic acids is 1. The van der Waals surface area contributed by atoms with Crippen molar-refractivity contribution in [1.82, 2.24) is 4.98 Å². The van der Waals surface area contributed by atoms with Crippen LogP contribution in [0.15, 0.2) is 12.3 Å². The molecule has 1 aliphatic carbocycles. The van der Waals surface area contributed by atoms with Crippen molar-refractivity contribution in [3.63, 3.8) is 0 Å². The summed E-state index contributed by atoms with van der Waals surface area (Å²) in [5.74, 6) is -0.738. The minimum absolute atomic E-state index is 0.0984. The molecule has 7 nitrogen and oxygen atoms in total. The fraction of sp³-hybridized carbons (Fsp3) is 0.455. The van der Waals surface area contributed by atoms with Crippen LogP contribution in [0.5, 0.6) is 0 Å². The van der Waals surface area contributed by atoms with Crippen LogP contribution in [0.1, 0.15) is 18.4 Å². The van der Waals surface area contributed by atoms with Gasteiger partial charge in [-0.2, -0.15) is 0 Å². The molecule has 18 heavy (non-hydrogen) atoms. The molecule has 1 heterocycles. The van der Waals surface area contributed by atoms with E-state index < -0.39 is 16.3 Å². The van der Waals surface area contributed by atoms with Gasteiger partial charge in [0.25, 0.3) is 0 Å². The third kappa shape index (κ3) is 2.11. The molecule has 1 aliphatic rings. The Morgan fingerprint density at radius 3 is 2.83 bits per heavy atom. The summed E-state index contributed by atoms with van der Waals surface area (Å²) in [4.78, 5) is 25.3. The Hall–Kier alpha value is -2.18. The Labute approximate surface area is 103 Å². The highest BCUT2D eigenvalue weighted by molar-refractivity contribution is 5.78. The molecule has 2 rings (SSSR count). The summed E-state index contributed by atoms with van der Waals surface area (Å²) in [5.41, 5.74) is -0.379. The molecular weight excluding hydrogens is 238 g/mol. The van der Waals surface area contributed by atoms with E-state index in [0.29, 0.717) is 18.4 Å². The number of carboxylic acid groups (broad SMARTS) is 1. The van der Waals surface area contributed by atoms with Gasteiger partial charge < -0.3 is 10.4 Å². The van der Waals surface area contributed by atoms with Crippen molar-refractivity contribution in [1.29, 1.82) is 0 Å². The maximum atomic E-state index is 11.0. The molecule has 0 amide bonds. The van der Waals surface area contributed by atoms with E-state index in [1.165, 1.54) is 6.20 Å². The standard InChI is InChI=1S/C11H13N3O4/c1-7-2-5-12-9(8(7)14(17)18)13-6-11(3-4-11)10(15)16/h2,5H,3-4,6H2,1H3,(H,12,13)(H,15,16). The number of rotatable bonds is 5. The Bertz CT molecular complexity index is 511. The van der Waals surface area contributed by atoms with E-state index in [-0.39, 0.29) is 18.1 Å². The van der Waals surface area contributed by atoms with Crippen LogP contribution in [-0.2, 0) is 4.79 Å². The number of pyridine rings is 1. The number of hydrogen-bond acceptors (Lipinski definition) is 5. The average Bonchev–Trinajstić information content (AvgIpc) is 3.06. The number of aromatic nitrogens is 1. The van der Waals surface area contributed by atoms with Gasteiger partial charge in [-0.3, -0.25) is 14.9 Å². The molecule has 2 N–H and O–H groups in total. The number of nitro groups is 1. The molecule has 0 spiro atoms. The molecule has 7 heteroatoms. The lowest BCUT2D eigenvalue weighted by atomic mass is 10.1. The Balaban J connectivity index is 2.17. The summed E-state index contributed by atoms with van der Waals surface area (Å²) in [6.45, 7) is 1.79. The highest BCUT2D eigenvalue weighted by Gasteiger charge is 2.50. The van der Waals surface area contributed by atoms with Crippen LogP contribution >= 0.6 is 0 Å². The number of nitrogens with one attached hydrogen (secondary N) is 1. The molecule has 0 radical (unpaired) electrons. The highest BCUT2D eigenvalue weighted by Crippen LogP contribution is 2.46. The van der Waals surface area contributed by atoms with E-state index >= 15 is 0 Å². The van der Waals surface area contributed by atoms with Crippen LogP contribution in [0.2, 0.25) is 0 Å². The quantitative estimate of drug-likeness (QED) is 0.607. The van der Waals surface area contributed by atoms with Crippen molar-refractivity contribution in [3.05, 3.63) is 27.9 Å². The summed E-state index contributed by atoms with van der Waals surface area (Å²) in [6.07, 6.45) is 2.65. The van der Waals surface area contributed by atoms with Crippen molar-refractivity contribution in [3.8, 4) is 0 Å². The van der Waals surface area contributed by atoms with E-state index in [4.69, 9.17) is 5.11 Å². The molecule has 0 saturated heterocycles. The Morgan fingerprint density at radius 1 is 1.67 bits per heavy atom. The number of nitrogens with zero attached hydrogens (tertiary/aromatic N) is 2. The molecule has 96 valence electrons. The third-order valence-corrected chi connectivity index (χ3v) is 3.21. The molecule has 1 aromatic heterocycles. The molecule has 0 bridgehead atoms. The van der Waals surface area contributed by atoms with Gasteiger partial charge in [0.15, 0.2) is 0 Å². The molecular formula is C11H13N3O4. The van der Waals surface area contributed by atoms with Crippen molar-refractivity contribution >= 4 is 17.5 Å². The van der Waals surface area contributed by atoms with Crippen LogP contribution in [-0.4, -0.2) is 27.5 Å². The second-order valence-corrected chi connectivity index (χ2v) is 4.52. The first-order valence-electron chi connectivity index (χ1n) is 5.53. The number of anilines is 1. The van der Waals surface area contributed by atoms with Crippen molar-refractivity contribution in [2.75, 3.05) is 11.9 Å². The predicted octanol–water partition coefficient (Wildman–Crippen LogP) is 1.57. The van der Waals surface area contributed by atoms with Crippen molar-refractivity contribution in [2.45, 2.75) is 19.8 Å². The second kappa shape index (κ2) is 4.25. The molecule has 1 fully saturated rings. The highest BCUT2D eigenvalue weighted by atomic mass is 16.6. The molecule has 1 saturated carbocycles. The fourth-order valence-corrected chi connectivity index (χ4v) is 1.78. The van der Waals surface area contributed by atoms with Crippen LogP contribution in [0.4, 0.5) is 11.5 Å². The Morgan fingerprint density at radius 2 is 2.33 bits per heavy atom. The summed E-state index contributed by atoms with van der Waals surface area (Å²) in [5, 5.41) is 22.7. The van der Waals surface area contributed by atoms with E-state index in [1.54, 1.807) is 13.0 Å². The largest absolute Gasteiger partial charge is 0.481 e. The predicted molar refractivity (Wildman–Crippen MR) is 63.4 cm³/mol. The van der Waals surface area contributed by atoms with Gasteiger partial charge in [0.2, 0.25) is 5.82 Å². The molecule has 0 aromatic carbocycles. The smallest absolute Gasteiger partial charge is 0.314 e. The average molecular weight is 251 g/mol. The van der Waals surface area contributed by atoms with Crippen LogP contribution in [0.25, 0.3) is 0 Å². The summed E-state index contributed by atoms with van der Waals surface area (Å²) in [6, 6.07) is 1.55. The van der Waals surface area contributed by atoms with Crippen molar-refractivity contribution < 1.29 is 14.8 Å². The Kier molecular flexibility index (Phi) is 2.90. The van der Waals surface area contributed by atoms with E-state index in [0.717, 1.165) is 0 Å². The first-order chi connectivity index (χ1) is 8.46.